The van der Waals surface area contributed by atoms with Crippen molar-refractivity contribution in [2.24, 2.45) is 0 Å². The molecule has 0 heterocycles. The molecule has 0 amide bonds. The molecule has 54 valence electrons. The van der Waals surface area contributed by atoms with Gasteiger partial charge in [0, 0.05) is 27.8 Å². The number of halogens is 3. The van der Waals surface area contributed by atoms with Gasteiger partial charge in [-0.2, -0.15) is 0 Å². The van der Waals surface area contributed by atoms with Crippen LogP contribution in [0.15, 0.2) is 0 Å². The van der Waals surface area contributed by atoms with Gasteiger partial charge in [-0.1, -0.05) is 0 Å². The molecular weight excluding hydrogens is 340 g/mol. The Morgan fingerprint density at radius 1 is 1.00 bits per heavy atom. The van der Waals surface area contributed by atoms with Gasteiger partial charge in [-0.15, -0.1) is 50.9 Å². The zero-order chi connectivity index (χ0) is 3.58. The first-order chi connectivity index (χ1) is 1.73. The van der Waals surface area contributed by atoms with E-state index in [0.717, 1.165) is 0 Å². The first kappa shape index (κ1) is 32.1. The molecule has 0 aromatic carbocycles. The zero-order valence-corrected chi connectivity index (χ0v) is 11.5. The van der Waals surface area contributed by atoms with Gasteiger partial charge in [0.1, 0.15) is 0 Å². The summed E-state index contributed by atoms with van der Waals surface area (Å²) >= 11 is 0. The van der Waals surface area contributed by atoms with Crippen LogP contribution in [0.3, 0.4) is 0 Å². The number of rotatable bonds is 0. The second-order valence-corrected chi connectivity index (χ2v) is 1.09. The Balaban J connectivity index is -0.00000000750. The molecule has 1 N–H and O–H groups in total. The molecule has 8 heavy (non-hydrogen) atoms. The zero-order valence-electron chi connectivity index (χ0n) is 4.75. The fourth-order valence-electron chi connectivity index (χ4n) is 0. The quantitative estimate of drug-likeness (QED) is 0.664. The molecule has 1 nitrogen and oxygen atoms in total. The fourth-order valence-corrected chi connectivity index (χ4v) is 0. The summed E-state index contributed by atoms with van der Waals surface area (Å²) < 4.78 is 0. The van der Waals surface area contributed by atoms with Crippen LogP contribution in [0.2, 0.25) is 0 Å². The Kier molecular flexibility index (Phi) is 92.1. The molecule has 0 spiro atoms. The molecule has 0 radical (unpaired) electrons. The van der Waals surface area contributed by atoms with Crippen LogP contribution in [0, 0.1) is 0 Å². The van der Waals surface area contributed by atoms with Gasteiger partial charge in [-0.25, -0.2) is 0 Å². The SMILES string of the molecule is Br.Br.Br.CC(C)O.[Ti]. The Hall–Kier alpha value is 2.11. The van der Waals surface area contributed by atoms with Crippen molar-refractivity contribution < 1.29 is 26.8 Å². The van der Waals surface area contributed by atoms with Gasteiger partial charge in [0.15, 0.2) is 0 Å². The van der Waals surface area contributed by atoms with Crippen molar-refractivity contribution in [1.82, 2.24) is 0 Å². The van der Waals surface area contributed by atoms with E-state index in [0.29, 0.717) is 0 Å². The normalized spacial score (nSPS) is 4.50. The molecule has 0 aliphatic rings. The summed E-state index contributed by atoms with van der Waals surface area (Å²) in [6.45, 7) is 3.44. The maximum absolute atomic E-state index is 8.06. The van der Waals surface area contributed by atoms with E-state index in [1.807, 2.05) is 0 Å². The van der Waals surface area contributed by atoms with E-state index in [1.165, 1.54) is 0 Å². The summed E-state index contributed by atoms with van der Waals surface area (Å²) in [7, 11) is 0. The molecular formula is C3H11Br3OTi. The van der Waals surface area contributed by atoms with Crippen LogP contribution in [0.5, 0.6) is 0 Å². The summed E-state index contributed by atoms with van der Waals surface area (Å²) in [5, 5.41) is 8.06. The number of aliphatic hydroxyl groups excluding tert-OH is 1. The van der Waals surface area contributed by atoms with Crippen LogP contribution in [-0.4, -0.2) is 11.2 Å². The molecule has 0 bridgehead atoms. The summed E-state index contributed by atoms with van der Waals surface area (Å²) in [5.41, 5.74) is 0. The standard InChI is InChI=1S/C3H8O.3BrH.Ti/c1-3(2)4;;;;/h3-4H,1-2H3;3*1H;. The number of hydrogen-bond acceptors (Lipinski definition) is 1. The Bertz CT molecular complexity index is 19.2. The van der Waals surface area contributed by atoms with Crippen molar-refractivity contribution >= 4 is 50.9 Å². The predicted octanol–water partition coefficient (Wildman–Crippen LogP) is 2.12. The van der Waals surface area contributed by atoms with E-state index in [2.05, 4.69) is 0 Å². The fraction of sp³-hybridized carbons (Fsp3) is 1.00. The molecule has 0 saturated carbocycles. The van der Waals surface area contributed by atoms with Crippen LogP contribution < -0.4 is 0 Å². The summed E-state index contributed by atoms with van der Waals surface area (Å²) in [6.07, 6.45) is -0.167. The maximum atomic E-state index is 8.06. The Labute approximate surface area is 96.8 Å². The summed E-state index contributed by atoms with van der Waals surface area (Å²) in [5.74, 6) is 0. The van der Waals surface area contributed by atoms with E-state index < -0.39 is 0 Å². The summed E-state index contributed by atoms with van der Waals surface area (Å²) in [6, 6.07) is 0. The molecule has 0 rings (SSSR count). The average Bonchev–Trinajstić information content (AvgIpc) is 0.811. The molecule has 0 saturated heterocycles. The van der Waals surface area contributed by atoms with Gasteiger partial charge in [0.05, 0.1) is 0 Å². The first-order valence-corrected chi connectivity index (χ1v) is 1.41. The molecule has 0 aliphatic heterocycles. The average molecular weight is 351 g/mol. The van der Waals surface area contributed by atoms with E-state index in [-0.39, 0.29) is 78.8 Å². The van der Waals surface area contributed by atoms with Crippen molar-refractivity contribution in [3.63, 3.8) is 0 Å². The van der Waals surface area contributed by atoms with Gasteiger partial charge < -0.3 is 5.11 Å². The molecule has 0 fully saturated rings. The molecule has 0 aromatic heterocycles. The van der Waals surface area contributed by atoms with Crippen molar-refractivity contribution in [3.8, 4) is 0 Å². The smallest absolute Gasteiger partial charge is 0.0483 e. The Morgan fingerprint density at radius 3 is 1.00 bits per heavy atom. The van der Waals surface area contributed by atoms with E-state index >= 15 is 0 Å². The molecule has 0 aliphatic carbocycles. The first-order valence-electron chi connectivity index (χ1n) is 1.41. The number of aliphatic hydroxyl groups is 1. The second-order valence-electron chi connectivity index (χ2n) is 1.09. The third kappa shape index (κ3) is 91.9. The minimum absolute atomic E-state index is 0. The third-order valence-corrected chi connectivity index (χ3v) is 0. The monoisotopic (exact) mass is 348 g/mol. The van der Waals surface area contributed by atoms with Crippen molar-refractivity contribution in [3.05, 3.63) is 0 Å². The van der Waals surface area contributed by atoms with Crippen LogP contribution in [0.1, 0.15) is 13.8 Å². The van der Waals surface area contributed by atoms with Crippen LogP contribution in [0.25, 0.3) is 0 Å². The molecule has 5 heteroatoms. The van der Waals surface area contributed by atoms with E-state index in [4.69, 9.17) is 5.11 Å². The van der Waals surface area contributed by atoms with Crippen LogP contribution >= 0.6 is 50.9 Å². The van der Waals surface area contributed by atoms with Crippen molar-refractivity contribution in [2.75, 3.05) is 0 Å². The van der Waals surface area contributed by atoms with Crippen molar-refractivity contribution in [2.45, 2.75) is 20.0 Å². The minimum Gasteiger partial charge on any atom is -0.394 e. The second kappa shape index (κ2) is 22.9. The minimum atomic E-state index is -0.167. The van der Waals surface area contributed by atoms with E-state index in [1.54, 1.807) is 13.8 Å². The van der Waals surface area contributed by atoms with Gasteiger partial charge in [-0.05, 0) is 13.8 Å². The van der Waals surface area contributed by atoms with Gasteiger partial charge in [-0.3, -0.25) is 0 Å². The maximum Gasteiger partial charge on any atom is 0.0483 e. The predicted molar refractivity (Wildman–Crippen MR) is 48.3 cm³/mol. The largest absolute Gasteiger partial charge is 0.394 e. The van der Waals surface area contributed by atoms with Gasteiger partial charge in [0.2, 0.25) is 0 Å². The van der Waals surface area contributed by atoms with Crippen LogP contribution in [0.4, 0.5) is 0 Å². The van der Waals surface area contributed by atoms with E-state index in [9.17, 15) is 0 Å². The topological polar surface area (TPSA) is 20.2 Å². The summed E-state index contributed by atoms with van der Waals surface area (Å²) in [4.78, 5) is 0. The van der Waals surface area contributed by atoms with Gasteiger partial charge >= 0.3 is 0 Å². The number of hydrogen-bond donors (Lipinski definition) is 1. The van der Waals surface area contributed by atoms with Crippen LogP contribution in [-0.2, 0) is 21.7 Å². The third-order valence-electron chi connectivity index (χ3n) is 0. The molecule has 0 aromatic rings. The van der Waals surface area contributed by atoms with Gasteiger partial charge in [0.25, 0.3) is 0 Å². The van der Waals surface area contributed by atoms with Crippen molar-refractivity contribution in [1.29, 1.82) is 0 Å². The Morgan fingerprint density at radius 2 is 1.00 bits per heavy atom. The molecule has 0 unspecified atom stereocenters. The molecule has 0 atom stereocenters.